The molecule has 3 N–H and O–H groups in total. The fourth-order valence-electron chi connectivity index (χ4n) is 2.89. The standard InChI is InChI=1S/C16H24N2O.ClH/c17-12-14-9-5-10-15(14)18-16(19)11-4-8-13-6-2-1-3-7-13;/h1-3,6-7,14-15H,4-5,8-12,17H2,(H,18,19);1H. The fraction of sp³-hybridized carbons (Fsp3) is 0.562. The summed E-state index contributed by atoms with van der Waals surface area (Å²) in [4.78, 5) is 11.9. The zero-order valence-electron chi connectivity index (χ0n) is 11.9. The average molecular weight is 297 g/mol. The van der Waals surface area contributed by atoms with Gasteiger partial charge in [0.2, 0.25) is 5.91 Å². The van der Waals surface area contributed by atoms with E-state index in [1.807, 2.05) is 18.2 Å². The number of benzene rings is 1. The van der Waals surface area contributed by atoms with Crippen LogP contribution < -0.4 is 11.1 Å². The van der Waals surface area contributed by atoms with Gasteiger partial charge in [-0.25, -0.2) is 0 Å². The first-order valence-electron chi connectivity index (χ1n) is 7.33. The summed E-state index contributed by atoms with van der Waals surface area (Å²) in [5, 5.41) is 3.15. The lowest BCUT2D eigenvalue weighted by molar-refractivity contribution is -0.122. The number of halogens is 1. The Morgan fingerprint density at radius 3 is 2.70 bits per heavy atom. The minimum atomic E-state index is 0. The summed E-state index contributed by atoms with van der Waals surface area (Å²) in [5.41, 5.74) is 7.03. The summed E-state index contributed by atoms with van der Waals surface area (Å²) in [6.07, 6.45) is 5.94. The Morgan fingerprint density at radius 2 is 2.00 bits per heavy atom. The van der Waals surface area contributed by atoms with Crippen LogP contribution in [0, 0.1) is 5.92 Å². The predicted octanol–water partition coefficient (Wildman–Crippen LogP) is 2.67. The number of hydrogen-bond donors (Lipinski definition) is 2. The third-order valence-electron chi connectivity index (χ3n) is 4.02. The quantitative estimate of drug-likeness (QED) is 0.848. The highest BCUT2D eigenvalue weighted by molar-refractivity contribution is 5.85. The van der Waals surface area contributed by atoms with Crippen molar-refractivity contribution >= 4 is 18.3 Å². The molecule has 20 heavy (non-hydrogen) atoms. The molecular weight excluding hydrogens is 272 g/mol. The second-order valence-corrected chi connectivity index (χ2v) is 5.44. The van der Waals surface area contributed by atoms with Gasteiger partial charge in [0.15, 0.2) is 0 Å². The van der Waals surface area contributed by atoms with Gasteiger partial charge in [-0.3, -0.25) is 4.79 Å². The molecule has 0 aromatic heterocycles. The number of nitrogens with one attached hydrogen (secondary N) is 1. The largest absolute Gasteiger partial charge is 0.353 e. The monoisotopic (exact) mass is 296 g/mol. The van der Waals surface area contributed by atoms with Crippen molar-refractivity contribution in [3.63, 3.8) is 0 Å². The molecular formula is C16H25ClN2O. The number of carbonyl (C=O) groups is 1. The number of nitrogens with two attached hydrogens (primary N) is 1. The van der Waals surface area contributed by atoms with Crippen molar-refractivity contribution in [2.24, 2.45) is 11.7 Å². The van der Waals surface area contributed by atoms with Gasteiger partial charge in [-0.05, 0) is 43.7 Å². The van der Waals surface area contributed by atoms with Gasteiger partial charge in [-0.15, -0.1) is 12.4 Å². The van der Waals surface area contributed by atoms with Crippen LogP contribution in [0.3, 0.4) is 0 Å². The van der Waals surface area contributed by atoms with Crippen LogP contribution >= 0.6 is 12.4 Å². The SMILES string of the molecule is Cl.NCC1CCCC1NC(=O)CCCc1ccccc1. The van der Waals surface area contributed by atoms with Crippen LogP contribution in [0.2, 0.25) is 0 Å². The van der Waals surface area contributed by atoms with Gasteiger partial charge in [0.1, 0.15) is 0 Å². The molecule has 2 rings (SSSR count). The highest BCUT2D eigenvalue weighted by Gasteiger charge is 2.26. The summed E-state index contributed by atoms with van der Waals surface area (Å²) < 4.78 is 0. The first-order chi connectivity index (χ1) is 9.29. The summed E-state index contributed by atoms with van der Waals surface area (Å²) in [6, 6.07) is 10.6. The lowest BCUT2D eigenvalue weighted by Gasteiger charge is -2.19. The normalized spacial score (nSPS) is 21.2. The van der Waals surface area contributed by atoms with Gasteiger partial charge >= 0.3 is 0 Å². The molecule has 3 nitrogen and oxygen atoms in total. The van der Waals surface area contributed by atoms with E-state index in [0.29, 0.717) is 24.9 Å². The maximum Gasteiger partial charge on any atom is 0.220 e. The molecule has 1 aliphatic rings. The second-order valence-electron chi connectivity index (χ2n) is 5.44. The molecule has 0 aliphatic heterocycles. The number of aryl methyl sites for hydroxylation is 1. The lowest BCUT2D eigenvalue weighted by Crippen LogP contribution is -2.39. The van der Waals surface area contributed by atoms with Gasteiger partial charge in [0, 0.05) is 12.5 Å². The molecule has 0 bridgehead atoms. The zero-order valence-corrected chi connectivity index (χ0v) is 12.7. The third kappa shape index (κ3) is 5.14. The second kappa shape index (κ2) is 8.98. The van der Waals surface area contributed by atoms with Crippen molar-refractivity contribution in [1.82, 2.24) is 5.32 Å². The molecule has 1 fully saturated rings. The van der Waals surface area contributed by atoms with Gasteiger partial charge < -0.3 is 11.1 Å². The smallest absolute Gasteiger partial charge is 0.220 e. The first kappa shape index (κ1) is 17.0. The number of carbonyl (C=O) groups excluding carboxylic acids is 1. The minimum Gasteiger partial charge on any atom is -0.353 e. The van der Waals surface area contributed by atoms with E-state index in [-0.39, 0.29) is 18.3 Å². The topological polar surface area (TPSA) is 55.1 Å². The molecule has 0 radical (unpaired) electrons. The van der Waals surface area contributed by atoms with Crippen molar-refractivity contribution in [3.8, 4) is 0 Å². The molecule has 4 heteroatoms. The van der Waals surface area contributed by atoms with Crippen molar-refractivity contribution in [1.29, 1.82) is 0 Å². The van der Waals surface area contributed by atoms with E-state index >= 15 is 0 Å². The van der Waals surface area contributed by atoms with Crippen LogP contribution in [0.4, 0.5) is 0 Å². The molecule has 0 heterocycles. The van der Waals surface area contributed by atoms with Crippen molar-refractivity contribution < 1.29 is 4.79 Å². The van der Waals surface area contributed by atoms with E-state index in [1.54, 1.807) is 0 Å². The van der Waals surface area contributed by atoms with Gasteiger partial charge in [-0.1, -0.05) is 36.8 Å². The molecule has 0 spiro atoms. The summed E-state index contributed by atoms with van der Waals surface area (Å²) in [7, 11) is 0. The van der Waals surface area contributed by atoms with E-state index in [0.717, 1.165) is 25.7 Å². The summed E-state index contributed by atoms with van der Waals surface area (Å²) in [5.74, 6) is 0.666. The molecule has 112 valence electrons. The Labute approximate surface area is 127 Å². The van der Waals surface area contributed by atoms with E-state index < -0.39 is 0 Å². The van der Waals surface area contributed by atoms with Crippen molar-refractivity contribution in [2.75, 3.05) is 6.54 Å². The van der Waals surface area contributed by atoms with Crippen LogP contribution in [0.15, 0.2) is 30.3 Å². The third-order valence-corrected chi connectivity index (χ3v) is 4.02. The predicted molar refractivity (Wildman–Crippen MR) is 85.0 cm³/mol. The Morgan fingerprint density at radius 1 is 1.25 bits per heavy atom. The Bertz CT molecular complexity index is 397. The van der Waals surface area contributed by atoms with Gasteiger partial charge in [0.05, 0.1) is 0 Å². The Kier molecular flexibility index (Phi) is 7.63. The van der Waals surface area contributed by atoms with Crippen LogP contribution in [0.25, 0.3) is 0 Å². The Hall–Kier alpha value is -1.06. The van der Waals surface area contributed by atoms with E-state index in [9.17, 15) is 4.79 Å². The van der Waals surface area contributed by atoms with Gasteiger partial charge in [-0.2, -0.15) is 0 Å². The number of rotatable bonds is 6. The van der Waals surface area contributed by atoms with E-state index in [4.69, 9.17) is 5.73 Å². The highest BCUT2D eigenvalue weighted by Crippen LogP contribution is 2.24. The molecule has 1 aliphatic carbocycles. The molecule has 2 atom stereocenters. The maximum atomic E-state index is 11.9. The van der Waals surface area contributed by atoms with Crippen LogP contribution in [-0.4, -0.2) is 18.5 Å². The molecule has 0 saturated heterocycles. The minimum absolute atomic E-state index is 0. The lowest BCUT2D eigenvalue weighted by atomic mass is 10.0. The van der Waals surface area contributed by atoms with Gasteiger partial charge in [0.25, 0.3) is 0 Å². The molecule has 1 aromatic rings. The molecule has 1 aromatic carbocycles. The summed E-state index contributed by atoms with van der Waals surface area (Å²) in [6.45, 7) is 0.689. The van der Waals surface area contributed by atoms with Crippen molar-refractivity contribution in [2.45, 2.75) is 44.6 Å². The number of amides is 1. The summed E-state index contributed by atoms with van der Waals surface area (Å²) >= 11 is 0. The van der Waals surface area contributed by atoms with Crippen molar-refractivity contribution in [3.05, 3.63) is 35.9 Å². The average Bonchev–Trinajstić information content (AvgIpc) is 2.87. The first-order valence-corrected chi connectivity index (χ1v) is 7.33. The zero-order chi connectivity index (χ0) is 13.5. The van der Waals surface area contributed by atoms with Crippen LogP contribution in [0.1, 0.15) is 37.7 Å². The Balaban J connectivity index is 0.00000200. The fourth-order valence-corrected chi connectivity index (χ4v) is 2.89. The van der Waals surface area contributed by atoms with E-state index in [2.05, 4.69) is 17.4 Å². The number of hydrogen-bond acceptors (Lipinski definition) is 2. The van der Waals surface area contributed by atoms with Crippen LogP contribution in [0.5, 0.6) is 0 Å². The van der Waals surface area contributed by atoms with E-state index in [1.165, 1.54) is 12.0 Å². The maximum absolute atomic E-state index is 11.9. The van der Waals surface area contributed by atoms with Crippen LogP contribution in [-0.2, 0) is 11.2 Å². The molecule has 1 saturated carbocycles. The highest BCUT2D eigenvalue weighted by atomic mass is 35.5. The molecule has 2 unspecified atom stereocenters. The molecule has 1 amide bonds.